The second-order valence-corrected chi connectivity index (χ2v) is 5.76. The summed E-state index contributed by atoms with van der Waals surface area (Å²) in [5, 5.41) is 0. The Labute approximate surface area is 142 Å². The van der Waals surface area contributed by atoms with Gasteiger partial charge < -0.3 is 9.30 Å². The van der Waals surface area contributed by atoms with Crippen molar-refractivity contribution in [3.8, 4) is 0 Å². The maximum atomic E-state index is 12.9. The summed E-state index contributed by atoms with van der Waals surface area (Å²) in [4.78, 5) is 23.4. The number of aromatic nitrogens is 3. The van der Waals surface area contributed by atoms with E-state index in [2.05, 4.69) is 16.9 Å². The van der Waals surface area contributed by atoms with Gasteiger partial charge in [-0.2, -0.15) is 0 Å². The van der Waals surface area contributed by atoms with E-state index >= 15 is 0 Å². The van der Waals surface area contributed by atoms with Gasteiger partial charge in [0.05, 0.1) is 18.2 Å². The molecule has 3 rings (SSSR count). The molecule has 0 N–H and O–H groups in total. The van der Waals surface area contributed by atoms with Crippen LogP contribution in [0.1, 0.15) is 37.6 Å². The zero-order valence-corrected chi connectivity index (χ0v) is 14.1. The molecule has 0 spiro atoms. The maximum absolute atomic E-state index is 12.9. The van der Waals surface area contributed by atoms with Crippen molar-refractivity contribution in [1.82, 2.24) is 19.3 Å². The van der Waals surface area contributed by atoms with Crippen molar-refractivity contribution >= 4 is 11.6 Å². The maximum Gasteiger partial charge on any atom is 0.229 e. The Morgan fingerprint density at radius 3 is 2.67 bits per heavy atom. The number of likely N-dealkylation sites (N-methyl/N-ethyl adjacent to an activating group) is 1. The smallest absolute Gasteiger partial charge is 0.229 e. The zero-order chi connectivity index (χ0) is 16.9. The van der Waals surface area contributed by atoms with Crippen LogP contribution in [0.2, 0.25) is 0 Å². The number of amides is 1. The van der Waals surface area contributed by atoms with E-state index in [0.29, 0.717) is 13.0 Å². The predicted molar refractivity (Wildman–Crippen MR) is 93.6 cm³/mol. The number of carbonyl (C=O) groups is 1. The van der Waals surface area contributed by atoms with Gasteiger partial charge in [0, 0.05) is 31.3 Å². The fourth-order valence-corrected chi connectivity index (χ4v) is 3.12. The first kappa shape index (κ1) is 16.2. The van der Waals surface area contributed by atoms with Crippen LogP contribution in [0.15, 0.2) is 55.1 Å². The molecule has 0 radical (unpaired) electrons. The fraction of sp³-hybridized carbons (Fsp3) is 0.316. The molecule has 5 nitrogen and oxygen atoms in total. The number of fused-ring (bicyclic) bond motifs is 1. The summed E-state index contributed by atoms with van der Waals surface area (Å²) in [6.45, 7) is 4.80. The minimum Gasteiger partial charge on any atom is -0.336 e. The lowest BCUT2D eigenvalue weighted by Gasteiger charge is -2.30. The number of hydrogen-bond acceptors (Lipinski definition) is 3. The van der Waals surface area contributed by atoms with E-state index in [-0.39, 0.29) is 11.9 Å². The minimum atomic E-state index is 0.0718. The Hall–Kier alpha value is -2.69. The monoisotopic (exact) mass is 322 g/mol. The molecule has 0 aliphatic heterocycles. The standard InChI is InChI=1S/C19H22N4O/c1-3-17(15-8-10-20-11-9-15)23(4-2)19(24)13-16-14-22-12-6-5-7-18(22)21-16/h5-12,14,17H,3-4,13H2,1-2H3. The van der Waals surface area contributed by atoms with Gasteiger partial charge >= 0.3 is 0 Å². The number of nitrogens with zero attached hydrogens (tertiary/aromatic N) is 4. The molecule has 3 heterocycles. The van der Waals surface area contributed by atoms with Crippen molar-refractivity contribution < 1.29 is 4.79 Å². The predicted octanol–water partition coefficient (Wildman–Crippen LogP) is 3.27. The molecule has 0 aliphatic carbocycles. The molecule has 3 aromatic rings. The lowest BCUT2D eigenvalue weighted by molar-refractivity contribution is -0.132. The summed E-state index contributed by atoms with van der Waals surface area (Å²) in [7, 11) is 0. The summed E-state index contributed by atoms with van der Waals surface area (Å²) in [6.07, 6.45) is 8.61. The molecule has 24 heavy (non-hydrogen) atoms. The van der Waals surface area contributed by atoms with Gasteiger partial charge in [0.1, 0.15) is 5.65 Å². The van der Waals surface area contributed by atoms with Crippen LogP contribution in [0.5, 0.6) is 0 Å². The van der Waals surface area contributed by atoms with E-state index in [1.54, 1.807) is 12.4 Å². The van der Waals surface area contributed by atoms with E-state index in [0.717, 1.165) is 23.3 Å². The lowest BCUT2D eigenvalue weighted by atomic mass is 10.0. The van der Waals surface area contributed by atoms with Gasteiger partial charge in [-0.25, -0.2) is 4.98 Å². The first-order chi connectivity index (χ1) is 11.7. The highest BCUT2D eigenvalue weighted by Crippen LogP contribution is 2.24. The second-order valence-electron chi connectivity index (χ2n) is 5.76. The second kappa shape index (κ2) is 7.25. The fourth-order valence-electron chi connectivity index (χ4n) is 3.12. The third-order valence-electron chi connectivity index (χ3n) is 4.26. The Morgan fingerprint density at radius 1 is 1.21 bits per heavy atom. The van der Waals surface area contributed by atoms with Gasteiger partial charge in [0.15, 0.2) is 0 Å². The molecule has 0 saturated carbocycles. The summed E-state index contributed by atoms with van der Waals surface area (Å²) in [5.41, 5.74) is 2.79. The van der Waals surface area contributed by atoms with Crippen molar-refractivity contribution in [2.24, 2.45) is 0 Å². The third-order valence-corrected chi connectivity index (χ3v) is 4.26. The highest BCUT2D eigenvalue weighted by atomic mass is 16.2. The van der Waals surface area contributed by atoms with Crippen LogP contribution in [0.25, 0.3) is 5.65 Å². The van der Waals surface area contributed by atoms with Crippen molar-refractivity contribution in [1.29, 1.82) is 0 Å². The summed E-state index contributed by atoms with van der Waals surface area (Å²) < 4.78 is 1.94. The van der Waals surface area contributed by atoms with Gasteiger partial charge in [0.25, 0.3) is 0 Å². The minimum absolute atomic E-state index is 0.0718. The Morgan fingerprint density at radius 2 is 2.00 bits per heavy atom. The SMILES string of the molecule is CCC(c1ccncc1)N(CC)C(=O)Cc1cn2ccccc2n1. The van der Waals surface area contributed by atoms with Crippen LogP contribution in [0, 0.1) is 0 Å². The lowest BCUT2D eigenvalue weighted by Crippen LogP contribution is -2.35. The molecular formula is C19H22N4O. The number of hydrogen-bond donors (Lipinski definition) is 0. The topological polar surface area (TPSA) is 50.5 Å². The van der Waals surface area contributed by atoms with Crippen LogP contribution in [0.4, 0.5) is 0 Å². The average molecular weight is 322 g/mol. The molecule has 124 valence electrons. The first-order valence-electron chi connectivity index (χ1n) is 8.35. The quantitative estimate of drug-likeness (QED) is 0.700. The van der Waals surface area contributed by atoms with E-state index in [9.17, 15) is 4.79 Å². The van der Waals surface area contributed by atoms with Gasteiger partial charge in [-0.3, -0.25) is 9.78 Å². The summed E-state index contributed by atoms with van der Waals surface area (Å²) in [5.74, 6) is 0.101. The number of rotatable bonds is 6. The van der Waals surface area contributed by atoms with Gasteiger partial charge in [-0.15, -0.1) is 0 Å². The van der Waals surface area contributed by atoms with Crippen molar-refractivity contribution in [2.75, 3.05) is 6.54 Å². The van der Waals surface area contributed by atoms with Crippen molar-refractivity contribution in [3.05, 3.63) is 66.4 Å². The molecule has 0 aromatic carbocycles. The number of carbonyl (C=O) groups excluding carboxylic acids is 1. The largest absolute Gasteiger partial charge is 0.336 e. The molecular weight excluding hydrogens is 300 g/mol. The van der Waals surface area contributed by atoms with Crippen LogP contribution in [-0.2, 0) is 11.2 Å². The zero-order valence-electron chi connectivity index (χ0n) is 14.1. The molecule has 3 aromatic heterocycles. The highest BCUT2D eigenvalue weighted by molar-refractivity contribution is 5.79. The third kappa shape index (κ3) is 3.30. The molecule has 0 aliphatic rings. The Kier molecular flexibility index (Phi) is 4.89. The van der Waals surface area contributed by atoms with Crippen LogP contribution < -0.4 is 0 Å². The molecule has 5 heteroatoms. The van der Waals surface area contributed by atoms with Gasteiger partial charge in [-0.1, -0.05) is 13.0 Å². The summed E-state index contributed by atoms with van der Waals surface area (Å²) in [6, 6.07) is 9.88. The van der Waals surface area contributed by atoms with E-state index in [1.165, 1.54) is 0 Å². The van der Waals surface area contributed by atoms with Crippen LogP contribution in [0.3, 0.4) is 0 Å². The Balaban J connectivity index is 1.80. The number of pyridine rings is 2. The average Bonchev–Trinajstić information content (AvgIpc) is 3.02. The van der Waals surface area contributed by atoms with E-state index in [4.69, 9.17) is 0 Å². The normalized spacial score (nSPS) is 12.2. The molecule has 0 bridgehead atoms. The van der Waals surface area contributed by atoms with Crippen LogP contribution in [-0.4, -0.2) is 31.7 Å². The molecule has 1 unspecified atom stereocenters. The van der Waals surface area contributed by atoms with Gasteiger partial charge in [0.2, 0.25) is 5.91 Å². The van der Waals surface area contributed by atoms with E-state index in [1.807, 2.05) is 58.9 Å². The van der Waals surface area contributed by atoms with Crippen LogP contribution >= 0.6 is 0 Å². The summed E-state index contributed by atoms with van der Waals surface area (Å²) >= 11 is 0. The van der Waals surface area contributed by atoms with Crippen molar-refractivity contribution in [2.45, 2.75) is 32.7 Å². The molecule has 0 fully saturated rings. The van der Waals surface area contributed by atoms with E-state index < -0.39 is 0 Å². The number of imidazole rings is 1. The molecule has 1 amide bonds. The Bertz CT molecular complexity index is 779. The highest BCUT2D eigenvalue weighted by Gasteiger charge is 2.23. The first-order valence-corrected chi connectivity index (χ1v) is 8.35. The molecule has 1 atom stereocenters. The van der Waals surface area contributed by atoms with Gasteiger partial charge in [-0.05, 0) is 43.2 Å². The molecule has 0 saturated heterocycles. The van der Waals surface area contributed by atoms with Crippen molar-refractivity contribution in [3.63, 3.8) is 0 Å².